The van der Waals surface area contributed by atoms with E-state index in [2.05, 4.69) is 5.32 Å². The zero-order valence-electron chi connectivity index (χ0n) is 10.5. The number of carbonyl (C=O) groups excluding carboxylic acids is 1. The lowest BCUT2D eigenvalue weighted by Gasteiger charge is -2.14. The zero-order valence-corrected chi connectivity index (χ0v) is 12.0. The van der Waals surface area contributed by atoms with E-state index >= 15 is 0 Å². The minimum absolute atomic E-state index is 0.0245. The summed E-state index contributed by atoms with van der Waals surface area (Å²) in [5.74, 6) is 0.751. The average molecular weight is 290 g/mol. The summed E-state index contributed by atoms with van der Waals surface area (Å²) in [6, 6.07) is 6.85. The Bertz CT molecular complexity index is 379. The van der Waals surface area contributed by atoms with Gasteiger partial charge in [-0.3, -0.25) is 4.79 Å². The van der Waals surface area contributed by atoms with Crippen LogP contribution in [0.4, 0.5) is 0 Å². The largest absolute Gasteiger partial charge is 0.484 e. The highest BCUT2D eigenvalue weighted by atomic mass is 35.5. The molecular weight excluding hydrogens is 273 g/mol. The first-order valence-corrected chi connectivity index (χ1v) is 6.59. The molecule has 0 aliphatic heterocycles. The number of amides is 1. The molecule has 3 nitrogen and oxygen atoms in total. The molecule has 1 N–H and O–H groups in total. The Morgan fingerprint density at radius 1 is 1.33 bits per heavy atom. The maximum Gasteiger partial charge on any atom is 0.257 e. The molecular formula is C13H17Cl2NO2. The van der Waals surface area contributed by atoms with Crippen molar-refractivity contribution in [3.8, 4) is 5.75 Å². The number of benzene rings is 1. The molecule has 1 aromatic carbocycles. The Balaban J connectivity index is 2.27. The van der Waals surface area contributed by atoms with E-state index in [0.717, 1.165) is 0 Å². The molecule has 0 fully saturated rings. The van der Waals surface area contributed by atoms with E-state index in [1.807, 2.05) is 13.8 Å². The van der Waals surface area contributed by atoms with Gasteiger partial charge in [-0.2, -0.15) is 0 Å². The van der Waals surface area contributed by atoms with E-state index in [-0.39, 0.29) is 17.9 Å². The molecule has 0 radical (unpaired) electrons. The van der Waals surface area contributed by atoms with Gasteiger partial charge in [0.05, 0.1) is 5.38 Å². The Hall–Kier alpha value is -0.930. The Morgan fingerprint density at radius 3 is 2.50 bits per heavy atom. The predicted octanol–water partition coefficient (Wildman–Crippen LogP) is 3.10. The first kappa shape index (κ1) is 15.1. The molecule has 18 heavy (non-hydrogen) atoms. The van der Waals surface area contributed by atoms with Crippen LogP contribution in [0.1, 0.15) is 13.8 Å². The van der Waals surface area contributed by atoms with Gasteiger partial charge in [-0.15, -0.1) is 11.6 Å². The van der Waals surface area contributed by atoms with Gasteiger partial charge >= 0.3 is 0 Å². The third-order valence-electron chi connectivity index (χ3n) is 2.40. The van der Waals surface area contributed by atoms with E-state index in [4.69, 9.17) is 27.9 Å². The minimum Gasteiger partial charge on any atom is -0.484 e. The predicted molar refractivity (Wildman–Crippen MR) is 74.4 cm³/mol. The summed E-state index contributed by atoms with van der Waals surface area (Å²) < 4.78 is 5.30. The van der Waals surface area contributed by atoms with E-state index in [1.54, 1.807) is 24.3 Å². The molecule has 1 amide bonds. The molecule has 0 bridgehead atoms. The van der Waals surface area contributed by atoms with Crippen LogP contribution in [0.5, 0.6) is 5.75 Å². The number of hydrogen-bond acceptors (Lipinski definition) is 2. The lowest BCUT2D eigenvalue weighted by molar-refractivity contribution is -0.123. The molecule has 1 atom stereocenters. The van der Waals surface area contributed by atoms with Gasteiger partial charge in [0.1, 0.15) is 5.75 Å². The summed E-state index contributed by atoms with van der Waals surface area (Å²) in [6.45, 7) is 4.44. The van der Waals surface area contributed by atoms with Crippen LogP contribution < -0.4 is 10.1 Å². The third kappa shape index (κ3) is 5.61. The van der Waals surface area contributed by atoms with Crippen LogP contribution in [0.25, 0.3) is 0 Å². The summed E-state index contributed by atoms with van der Waals surface area (Å²) >= 11 is 11.8. The molecule has 1 aromatic rings. The zero-order chi connectivity index (χ0) is 13.5. The van der Waals surface area contributed by atoms with Crippen LogP contribution >= 0.6 is 23.2 Å². The Morgan fingerprint density at radius 2 is 1.94 bits per heavy atom. The van der Waals surface area contributed by atoms with Gasteiger partial charge in [0.25, 0.3) is 5.91 Å². The van der Waals surface area contributed by atoms with E-state index < -0.39 is 0 Å². The highest BCUT2D eigenvalue weighted by Gasteiger charge is 2.11. The molecule has 0 aromatic heterocycles. The molecule has 5 heteroatoms. The van der Waals surface area contributed by atoms with Crippen molar-refractivity contribution in [1.82, 2.24) is 5.32 Å². The van der Waals surface area contributed by atoms with Gasteiger partial charge in [-0.1, -0.05) is 25.4 Å². The van der Waals surface area contributed by atoms with Gasteiger partial charge in [0.15, 0.2) is 6.61 Å². The molecule has 0 aliphatic carbocycles. The number of carbonyl (C=O) groups is 1. The quantitative estimate of drug-likeness (QED) is 0.818. The van der Waals surface area contributed by atoms with Crippen molar-refractivity contribution in [2.45, 2.75) is 19.2 Å². The smallest absolute Gasteiger partial charge is 0.257 e. The standard InChI is InChI=1S/C13H17Cl2NO2/c1-9(2)12(15)7-16-13(17)8-18-11-5-3-10(14)4-6-11/h3-6,9,12H,7-8H2,1-2H3,(H,16,17). The van der Waals surface area contributed by atoms with Crippen LogP contribution in [0.3, 0.4) is 0 Å². The van der Waals surface area contributed by atoms with Crippen LogP contribution in [0.2, 0.25) is 5.02 Å². The summed E-state index contributed by atoms with van der Waals surface area (Å²) in [4.78, 5) is 11.5. The van der Waals surface area contributed by atoms with Crippen molar-refractivity contribution < 1.29 is 9.53 Å². The number of nitrogens with one attached hydrogen (secondary N) is 1. The molecule has 0 heterocycles. The topological polar surface area (TPSA) is 38.3 Å². The molecule has 0 spiro atoms. The van der Waals surface area contributed by atoms with Gasteiger partial charge < -0.3 is 10.1 Å². The fourth-order valence-corrected chi connectivity index (χ4v) is 1.38. The van der Waals surface area contributed by atoms with Gasteiger partial charge in [0.2, 0.25) is 0 Å². The lowest BCUT2D eigenvalue weighted by atomic mass is 10.1. The average Bonchev–Trinajstić information content (AvgIpc) is 2.35. The van der Waals surface area contributed by atoms with E-state index in [9.17, 15) is 4.79 Å². The first-order chi connectivity index (χ1) is 8.49. The number of alkyl halides is 1. The molecule has 1 rings (SSSR count). The summed E-state index contributed by atoms with van der Waals surface area (Å²) in [5, 5.41) is 3.29. The second-order valence-electron chi connectivity index (χ2n) is 4.31. The number of rotatable bonds is 6. The van der Waals surface area contributed by atoms with Gasteiger partial charge in [0, 0.05) is 11.6 Å². The van der Waals surface area contributed by atoms with Crippen molar-refractivity contribution in [2.24, 2.45) is 5.92 Å². The highest BCUT2D eigenvalue weighted by molar-refractivity contribution is 6.30. The minimum atomic E-state index is -0.184. The van der Waals surface area contributed by atoms with Gasteiger partial charge in [-0.25, -0.2) is 0 Å². The second-order valence-corrected chi connectivity index (χ2v) is 5.30. The fraction of sp³-hybridized carbons (Fsp3) is 0.462. The maximum atomic E-state index is 11.5. The molecule has 1 unspecified atom stereocenters. The molecule has 100 valence electrons. The van der Waals surface area contributed by atoms with E-state index in [0.29, 0.717) is 23.2 Å². The molecule has 0 aliphatic rings. The summed E-state index contributed by atoms with van der Waals surface area (Å²) in [6.07, 6.45) is 0. The third-order valence-corrected chi connectivity index (χ3v) is 3.31. The maximum absolute atomic E-state index is 11.5. The molecule has 0 saturated heterocycles. The van der Waals surface area contributed by atoms with Crippen LogP contribution in [-0.2, 0) is 4.79 Å². The lowest BCUT2D eigenvalue weighted by Crippen LogP contribution is -2.35. The van der Waals surface area contributed by atoms with Crippen molar-refractivity contribution >= 4 is 29.1 Å². The van der Waals surface area contributed by atoms with Crippen molar-refractivity contribution in [1.29, 1.82) is 0 Å². The molecule has 0 saturated carbocycles. The fourth-order valence-electron chi connectivity index (χ4n) is 1.18. The number of hydrogen-bond donors (Lipinski definition) is 1. The Kier molecular flexibility index (Phi) is 6.30. The Labute approximate surface area is 117 Å². The summed E-state index contributed by atoms with van der Waals surface area (Å²) in [7, 11) is 0. The SMILES string of the molecule is CC(C)C(Cl)CNC(=O)COc1ccc(Cl)cc1. The van der Waals surface area contributed by atoms with Crippen LogP contribution in [0, 0.1) is 5.92 Å². The highest BCUT2D eigenvalue weighted by Crippen LogP contribution is 2.15. The number of halogens is 2. The summed E-state index contributed by atoms with van der Waals surface area (Å²) in [5.41, 5.74) is 0. The monoisotopic (exact) mass is 289 g/mol. The van der Waals surface area contributed by atoms with Gasteiger partial charge in [-0.05, 0) is 30.2 Å². The first-order valence-electron chi connectivity index (χ1n) is 5.78. The van der Waals surface area contributed by atoms with Crippen LogP contribution in [0.15, 0.2) is 24.3 Å². The van der Waals surface area contributed by atoms with Crippen LogP contribution in [-0.4, -0.2) is 24.4 Å². The van der Waals surface area contributed by atoms with E-state index in [1.165, 1.54) is 0 Å². The second kappa shape index (κ2) is 7.49. The van der Waals surface area contributed by atoms with Crippen molar-refractivity contribution in [2.75, 3.05) is 13.2 Å². The van der Waals surface area contributed by atoms with Crippen molar-refractivity contribution in [3.63, 3.8) is 0 Å². The normalized spacial score (nSPS) is 12.3. The van der Waals surface area contributed by atoms with Crippen molar-refractivity contribution in [3.05, 3.63) is 29.3 Å². The number of ether oxygens (including phenoxy) is 1.